The zero-order valence-corrected chi connectivity index (χ0v) is 19.9. The van der Waals surface area contributed by atoms with Crippen molar-refractivity contribution in [2.75, 3.05) is 23.1 Å². The van der Waals surface area contributed by atoms with Crippen LogP contribution in [0, 0.1) is 0 Å². The van der Waals surface area contributed by atoms with Gasteiger partial charge in [0.2, 0.25) is 10.0 Å². The van der Waals surface area contributed by atoms with Gasteiger partial charge in [0.25, 0.3) is 5.91 Å². The third-order valence-electron chi connectivity index (χ3n) is 5.61. The fraction of sp³-hybridized carbons (Fsp3) is 0.261. The van der Waals surface area contributed by atoms with Crippen LogP contribution in [0.2, 0.25) is 0 Å². The minimum Gasteiger partial charge on any atom is -0.506 e. The largest absolute Gasteiger partial charge is 0.506 e. The van der Waals surface area contributed by atoms with Crippen LogP contribution in [0.1, 0.15) is 17.5 Å². The van der Waals surface area contributed by atoms with Crippen molar-refractivity contribution in [1.82, 2.24) is 9.44 Å². The lowest BCUT2D eigenvalue weighted by Gasteiger charge is -2.16. The fourth-order valence-corrected chi connectivity index (χ4v) is 6.20. The van der Waals surface area contributed by atoms with Crippen molar-refractivity contribution in [3.05, 3.63) is 71.8 Å². The minimum atomic E-state index is -4.00. The number of hydrogen-bond donors (Lipinski definition) is 3. The number of amides is 1. The first-order chi connectivity index (χ1) is 16.1. The summed E-state index contributed by atoms with van der Waals surface area (Å²) >= 11 is 0. The lowest BCUT2D eigenvalue weighted by molar-refractivity contribution is -0.117. The van der Waals surface area contributed by atoms with Gasteiger partial charge >= 0.3 is 10.2 Å². The summed E-state index contributed by atoms with van der Waals surface area (Å²) < 4.78 is 54.0. The van der Waals surface area contributed by atoms with Crippen LogP contribution in [0.3, 0.4) is 0 Å². The molecular formula is C23H25N3O6S2. The highest BCUT2D eigenvalue weighted by Crippen LogP contribution is 2.31. The molecule has 0 aliphatic carbocycles. The maximum atomic E-state index is 12.4. The first kappa shape index (κ1) is 24.0. The van der Waals surface area contributed by atoms with E-state index in [1.807, 2.05) is 47.2 Å². The van der Waals surface area contributed by atoms with Gasteiger partial charge in [-0.3, -0.25) is 4.79 Å². The molecule has 3 aromatic carbocycles. The number of nitrogens with one attached hydrogen (secondary N) is 2. The van der Waals surface area contributed by atoms with E-state index in [0.717, 1.165) is 20.6 Å². The molecule has 0 bridgehead atoms. The molecule has 1 fully saturated rings. The number of benzene rings is 3. The third-order valence-corrected chi connectivity index (χ3v) is 8.39. The van der Waals surface area contributed by atoms with Gasteiger partial charge in [0.1, 0.15) is 12.3 Å². The van der Waals surface area contributed by atoms with Crippen LogP contribution in [0.15, 0.2) is 60.7 Å². The normalized spacial score (nSPS) is 15.5. The Bertz CT molecular complexity index is 1430. The molecule has 0 saturated carbocycles. The van der Waals surface area contributed by atoms with Gasteiger partial charge in [-0.25, -0.2) is 22.2 Å². The SMILES string of the molecule is O=C1CN(c2ccc(CCCNS(=O)(=O)CCc3cccc4ccccc34)cc2O)S(=O)(=O)N1. The molecule has 34 heavy (non-hydrogen) atoms. The summed E-state index contributed by atoms with van der Waals surface area (Å²) in [4.78, 5) is 11.4. The number of phenols is 1. The standard InChI is InChI=1S/C23H25N3O6S2/c27-22-15-17(10-11-21(22)26-16-23(28)25-34(26,31)32)5-4-13-24-33(29,30)14-12-19-8-3-7-18-6-1-2-9-20(18)19/h1-3,6-11,15,24,27H,4-5,12-14,16H2,(H,25,28). The number of phenolic OH excluding ortho intramolecular Hbond substituents is 1. The average molecular weight is 504 g/mol. The molecule has 3 N–H and O–H groups in total. The fourth-order valence-electron chi connectivity index (χ4n) is 3.94. The molecule has 3 aromatic rings. The summed E-state index contributed by atoms with van der Waals surface area (Å²) in [6.45, 7) is -0.158. The summed E-state index contributed by atoms with van der Waals surface area (Å²) in [7, 11) is -7.46. The van der Waals surface area contributed by atoms with E-state index >= 15 is 0 Å². The van der Waals surface area contributed by atoms with Gasteiger partial charge in [0.05, 0.1) is 11.4 Å². The summed E-state index contributed by atoms with van der Waals surface area (Å²) in [5.41, 5.74) is 1.71. The van der Waals surface area contributed by atoms with E-state index in [4.69, 9.17) is 0 Å². The van der Waals surface area contributed by atoms with Crippen molar-refractivity contribution in [2.24, 2.45) is 0 Å². The number of anilines is 1. The predicted octanol–water partition coefficient (Wildman–Crippen LogP) is 1.82. The number of carbonyl (C=O) groups is 1. The number of hydrogen-bond acceptors (Lipinski definition) is 6. The number of nitrogens with zero attached hydrogens (tertiary/aromatic N) is 1. The molecule has 1 amide bonds. The topological polar surface area (TPSA) is 133 Å². The summed E-state index contributed by atoms with van der Waals surface area (Å²) in [5.74, 6) is -0.961. The number of sulfonamides is 1. The molecule has 0 atom stereocenters. The Kier molecular flexibility index (Phi) is 6.78. The first-order valence-corrected chi connectivity index (χ1v) is 13.8. The maximum Gasteiger partial charge on any atom is 0.326 e. The van der Waals surface area contributed by atoms with Gasteiger partial charge in [-0.15, -0.1) is 0 Å². The number of aryl methyl sites for hydroxylation is 2. The van der Waals surface area contributed by atoms with E-state index in [0.29, 0.717) is 24.8 Å². The van der Waals surface area contributed by atoms with Gasteiger partial charge in [-0.05, 0) is 53.3 Å². The molecule has 0 spiro atoms. The Balaban J connectivity index is 1.29. The van der Waals surface area contributed by atoms with Crippen LogP contribution in [0.25, 0.3) is 10.8 Å². The van der Waals surface area contributed by atoms with Gasteiger partial charge in [0.15, 0.2) is 0 Å². The van der Waals surface area contributed by atoms with Crippen LogP contribution in [-0.2, 0) is 37.9 Å². The molecular weight excluding hydrogens is 478 g/mol. The van der Waals surface area contributed by atoms with Crippen molar-refractivity contribution in [3.8, 4) is 5.75 Å². The Labute approximate surface area is 198 Å². The number of carbonyl (C=O) groups excluding carboxylic acids is 1. The van der Waals surface area contributed by atoms with Crippen LogP contribution in [-0.4, -0.2) is 46.7 Å². The zero-order valence-electron chi connectivity index (χ0n) is 18.3. The van der Waals surface area contributed by atoms with Crippen LogP contribution in [0.5, 0.6) is 5.75 Å². The summed E-state index contributed by atoms with van der Waals surface area (Å²) in [5, 5.41) is 12.4. The Morgan fingerprint density at radius 1 is 1.03 bits per heavy atom. The smallest absolute Gasteiger partial charge is 0.326 e. The lowest BCUT2D eigenvalue weighted by atomic mass is 10.0. The Morgan fingerprint density at radius 2 is 1.79 bits per heavy atom. The van der Waals surface area contributed by atoms with Crippen LogP contribution in [0.4, 0.5) is 5.69 Å². The highest BCUT2D eigenvalue weighted by molar-refractivity contribution is 7.92. The van der Waals surface area contributed by atoms with E-state index in [1.54, 1.807) is 6.07 Å². The monoisotopic (exact) mass is 503 g/mol. The van der Waals surface area contributed by atoms with Crippen LogP contribution >= 0.6 is 0 Å². The highest BCUT2D eigenvalue weighted by Gasteiger charge is 2.35. The second kappa shape index (κ2) is 9.61. The van der Waals surface area contributed by atoms with Crippen molar-refractivity contribution in [3.63, 3.8) is 0 Å². The molecule has 9 nitrogen and oxygen atoms in total. The molecule has 11 heteroatoms. The molecule has 0 aromatic heterocycles. The highest BCUT2D eigenvalue weighted by atomic mass is 32.2. The first-order valence-electron chi connectivity index (χ1n) is 10.7. The van der Waals surface area contributed by atoms with Gasteiger partial charge < -0.3 is 5.11 Å². The molecule has 1 aliphatic heterocycles. The Morgan fingerprint density at radius 3 is 2.53 bits per heavy atom. The van der Waals surface area contributed by atoms with Crippen molar-refractivity contribution in [1.29, 1.82) is 0 Å². The quantitative estimate of drug-likeness (QED) is 0.382. The second-order valence-corrected chi connectivity index (χ2v) is 11.6. The summed E-state index contributed by atoms with van der Waals surface area (Å²) in [6.07, 6.45) is 1.38. The molecule has 1 heterocycles. The van der Waals surface area contributed by atoms with E-state index < -0.39 is 32.7 Å². The van der Waals surface area contributed by atoms with Crippen molar-refractivity contribution < 1.29 is 26.7 Å². The van der Waals surface area contributed by atoms with Crippen LogP contribution < -0.4 is 13.7 Å². The number of fused-ring (bicyclic) bond motifs is 1. The van der Waals surface area contributed by atoms with Gasteiger partial charge in [-0.2, -0.15) is 8.42 Å². The lowest BCUT2D eigenvalue weighted by Crippen LogP contribution is -2.29. The van der Waals surface area contributed by atoms with Gasteiger partial charge in [-0.1, -0.05) is 48.5 Å². The Hall–Kier alpha value is -3.15. The third kappa shape index (κ3) is 5.49. The molecule has 4 rings (SSSR count). The zero-order chi connectivity index (χ0) is 24.3. The maximum absolute atomic E-state index is 12.4. The second-order valence-electron chi connectivity index (χ2n) is 8.07. The van der Waals surface area contributed by atoms with E-state index in [2.05, 4.69) is 4.72 Å². The molecule has 0 unspecified atom stereocenters. The van der Waals surface area contributed by atoms with E-state index in [9.17, 15) is 26.7 Å². The molecule has 0 radical (unpaired) electrons. The number of aromatic hydroxyl groups is 1. The average Bonchev–Trinajstić information content (AvgIpc) is 3.07. The minimum absolute atomic E-state index is 0.0104. The van der Waals surface area contributed by atoms with E-state index in [-0.39, 0.29) is 23.7 Å². The molecule has 1 saturated heterocycles. The number of rotatable bonds is 9. The predicted molar refractivity (Wildman–Crippen MR) is 130 cm³/mol. The van der Waals surface area contributed by atoms with Crippen molar-refractivity contribution in [2.45, 2.75) is 19.3 Å². The van der Waals surface area contributed by atoms with Gasteiger partial charge in [0, 0.05) is 6.54 Å². The van der Waals surface area contributed by atoms with E-state index in [1.165, 1.54) is 12.1 Å². The summed E-state index contributed by atoms with van der Waals surface area (Å²) in [6, 6.07) is 18.2. The molecule has 180 valence electrons. The van der Waals surface area contributed by atoms with Crippen molar-refractivity contribution >= 4 is 42.6 Å². The molecule has 1 aliphatic rings.